The van der Waals surface area contributed by atoms with E-state index in [-0.39, 0.29) is 37.4 Å². The van der Waals surface area contributed by atoms with Gasteiger partial charge in [-0.2, -0.15) is 0 Å². The van der Waals surface area contributed by atoms with Crippen molar-refractivity contribution in [2.24, 2.45) is 7.05 Å². The molecule has 0 radical (unpaired) electrons. The Balaban J connectivity index is 0. The zero-order valence-electron chi connectivity index (χ0n) is 5.30. The van der Waals surface area contributed by atoms with Gasteiger partial charge in [0.2, 0.25) is 0 Å². The van der Waals surface area contributed by atoms with Gasteiger partial charge in [0.25, 0.3) is 5.56 Å². The summed E-state index contributed by atoms with van der Waals surface area (Å²) in [6.45, 7) is 0. The Morgan fingerprint density at radius 1 is 1.70 bits per heavy atom. The molecule has 10 heavy (non-hydrogen) atoms. The Bertz CT molecular complexity index is 246. The number of aryl methyl sites for hydroxylation is 1. The van der Waals surface area contributed by atoms with Crippen LogP contribution in [0.1, 0.15) is 0 Å². The molecule has 0 N–H and O–H groups in total. The van der Waals surface area contributed by atoms with E-state index in [9.17, 15) is 4.79 Å². The number of aromatic nitrogens is 1. The molecule has 0 saturated heterocycles. The smallest absolute Gasteiger partial charge is 1.00 e. The quantitative estimate of drug-likeness (QED) is 0.493. The number of hydrogen-bond donors (Lipinski definition) is 0. The minimum Gasteiger partial charge on any atom is -1.00 e. The second kappa shape index (κ2) is 5.31. The summed E-state index contributed by atoms with van der Waals surface area (Å²) in [7, 11) is 1.68. The molecule has 0 aliphatic heterocycles. The molecular weight excluding hydrogens is 246 g/mol. The van der Waals surface area contributed by atoms with Crippen LogP contribution in [0.25, 0.3) is 0 Å². The van der Waals surface area contributed by atoms with Crippen LogP contribution in [0.2, 0.25) is 4.34 Å². The first-order valence-corrected chi connectivity index (χ1v) is 3.18. The van der Waals surface area contributed by atoms with Crippen molar-refractivity contribution < 1.29 is 31.9 Å². The van der Waals surface area contributed by atoms with Crippen LogP contribution in [0.5, 0.6) is 0 Å². The monoisotopic (exact) mass is 248 g/mol. The van der Waals surface area contributed by atoms with Gasteiger partial charge in [-0.25, -0.2) is 0 Å². The van der Waals surface area contributed by atoms with Crippen LogP contribution in [0.15, 0.2) is 10.9 Å². The van der Waals surface area contributed by atoms with Gasteiger partial charge >= 0.3 is 19.5 Å². The Morgan fingerprint density at radius 2 is 2.20 bits per heavy atom. The zero-order valence-corrected chi connectivity index (χ0v) is 10.6. The molecule has 1 aromatic rings. The maximum atomic E-state index is 10.5. The molecule has 1 rings (SSSR count). The van der Waals surface area contributed by atoms with E-state index in [1.165, 1.54) is 21.6 Å². The molecule has 0 amide bonds. The fraction of sp³-hybridized carbons (Fsp3) is 0.250. The van der Waals surface area contributed by atoms with Gasteiger partial charge < -0.3 is 12.4 Å². The van der Waals surface area contributed by atoms with Crippen molar-refractivity contribution in [3.05, 3.63) is 20.8 Å². The molecule has 0 saturated carbocycles. The van der Waals surface area contributed by atoms with E-state index in [4.69, 9.17) is 11.6 Å². The van der Waals surface area contributed by atoms with Gasteiger partial charge in [0.1, 0.15) is 4.34 Å². The first-order valence-electron chi connectivity index (χ1n) is 2.03. The minimum atomic E-state index is -0.0417. The van der Waals surface area contributed by atoms with E-state index in [1.807, 2.05) is 0 Å². The largest absolute Gasteiger partial charge is 2.00 e. The van der Waals surface area contributed by atoms with Crippen molar-refractivity contribution in [3.63, 3.8) is 0 Å². The molecule has 6 heteroatoms. The molecular formula is C4H4Cl2NOSZn+. The van der Waals surface area contributed by atoms with Crippen LogP contribution in [0, 0.1) is 0 Å². The van der Waals surface area contributed by atoms with Crippen molar-refractivity contribution >= 4 is 23.1 Å². The summed E-state index contributed by atoms with van der Waals surface area (Å²) in [4.78, 5) is 10.5. The Morgan fingerprint density at radius 3 is 2.30 bits per heavy atom. The molecule has 1 aromatic heterocycles. The summed E-state index contributed by atoms with van der Waals surface area (Å²) >= 11 is 6.70. The minimum absolute atomic E-state index is 0. The van der Waals surface area contributed by atoms with Crippen LogP contribution >= 0.6 is 23.1 Å². The summed E-state index contributed by atoms with van der Waals surface area (Å²) in [5.74, 6) is 0. The van der Waals surface area contributed by atoms with Crippen molar-refractivity contribution in [1.82, 2.24) is 3.96 Å². The number of halogens is 2. The van der Waals surface area contributed by atoms with Crippen LogP contribution < -0.4 is 18.0 Å². The average Bonchev–Trinajstić information content (AvgIpc) is 1.85. The molecule has 0 aromatic carbocycles. The van der Waals surface area contributed by atoms with Gasteiger partial charge in [-0.05, 0) is 11.5 Å². The SMILES string of the molecule is Cn1sc(Cl)cc1=O.[Cl-].[Zn+2]. The Hall–Kier alpha value is 0.633. The van der Waals surface area contributed by atoms with Crippen LogP contribution in [-0.4, -0.2) is 3.96 Å². The maximum absolute atomic E-state index is 10.5. The molecule has 0 aliphatic carbocycles. The molecule has 0 spiro atoms. The number of rotatable bonds is 0. The van der Waals surface area contributed by atoms with E-state index in [2.05, 4.69) is 0 Å². The van der Waals surface area contributed by atoms with Gasteiger partial charge in [-0.1, -0.05) is 11.6 Å². The van der Waals surface area contributed by atoms with E-state index in [0.717, 1.165) is 0 Å². The van der Waals surface area contributed by atoms with Crippen molar-refractivity contribution in [3.8, 4) is 0 Å². The van der Waals surface area contributed by atoms with E-state index in [0.29, 0.717) is 4.34 Å². The van der Waals surface area contributed by atoms with Gasteiger partial charge in [0, 0.05) is 13.1 Å². The topological polar surface area (TPSA) is 22.0 Å². The molecule has 0 atom stereocenters. The summed E-state index contributed by atoms with van der Waals surface area (Å²) in [5.41, 5.74) is -0.0417. The van der Waals surface area contributed by atoms with Crippen LogP contribution in [0.4, 0.5) is 0 Å². The van der Waals surface area contributed by atoms with Crippen molar-refractivity contribution in [2.45, 2.75) is 0 Å². The van der Waals surface area contributed by atoms with Gasteiger partial charge in [-0.15, -0.1) is 0 Å². The third-order valence-electron chi connectivity index (χ3n) is 0.771. The average molecular weight is 250 g/mol. The predicted octanol–water partition coefficient (Wildman–Crippen LogP) is -1.90. The van der Waals surface area contributed by atoms with Crippen molar-refractivity contribution in [1.29, 1.82) is 0 Å². The summed E-state index contributed by atoms with van der Waals surface area (Å²) in [6.07, 6.45) is 0. The fourth-order valence-corrected chi connectivity index (χ4v) is 1.35. The second-order valence-electron chi connectivity index (χ2n) is 1.38. The number of hydrogen-bond acceptors (Lipinski definition) is 2. The van der Waals surface area contributed by atoms with E-state index < -0.39 is 0 Å². The maximum Gasteiger partial charge on any atom is 2.00 e. The fourth-order valence-electron chi connectivity index (χ4n) is 0.390. The van der Waals surface area contributed by atoms with Crippen molar-refractivity contribution in [2.75, 3.05) is 0 Å². The molecule has 0 bridgehead atoms. The second-order valence-corrected chi connectivity index (χ2v) is 3.18. The van der Waals surface area contributed by atoms with Gasteiger partial charge in [0.15, 0.2) is 0 Å². The standard InChI is InChI=1S/C4H4ClNOS.ClH.Zn/c1-6-4(7)2-3(5)8-6;;/h2H,1H3;1H;/q;;+2/p-1. The molecule has 2 nitrogen and oxygen atoms in total. The Kier molecular flexibility index (Phi) is 7.02. The Labute approximate surface area is 86.5 Å². The molecule has 0 unspecified atom stereocenters. The first-order chi connectivity index (χ1) is 3.70. The van der Waals surface area contributed by atoms with Gasteiger partial charge in [-0.3, -0.25) is 8.75 Å². The molecule has 52 valence electrons. The van der Waals surface area contributed by atoms with Gasteiger partial charge in [0.05, 0.1) is 0 Å². The van der Waals surface area contributed by atoms with E-state index >= 15 is 0 Å². The molecule has 0 aliphatic rings. The molecule has 1 heterocycles. The van der Waals surface area contributed by atoms with Crippen LogP contribution in [-0.2, 0) is 26.5 Å². The molecule has 0 fully saturated rings. The third-order valence-corrected chi connectivity index (χ3v) is 1.83. The first kappa shape index (κ1) is 13.2. The third kappa shape index (κ3) is 3.15. The summed E-state index contributed by atoms with van der Waals surface area (Å²) < 4.78 is 2.01. The predicted molar refractivity (Wildman–Crippen MR) is 34.6 cm³/mol. The van der Waals surface area contributed by atoms with Crippen LogP contribution in [0.3, 0.4) is 0 Å². The normalized spacial score (nSPS) is 7.80. The number of nitrogens with zero attached hydrogens (tertiary/aromatic N) is 1. The summed E-state index contributed by atoms with van der Waals surface area (Å²) in [5, 5.41) is 0. The zero-order chi connectivity index (χ0) is 6.15. The van der Waals surface area contributed by atoms with E-state index in [1.54, 1.807) is 7.05 Å². The summed E-state index contributed by atoms with van der Waals surface area (Å²) in [6, 6.07) is 1.40.